The lowest BCUT2D eigenvalue weighted by atomic mass is 9.92. The third-order valence-corrected chi connectivity index (χ3v) is 8.80. The Hall–Kier alpha value is -2.97. The van der Waals surface area contributed by atoms with Gasteiger partial charge >= 0.3 is 0 Å². The molecule has 8 heteroatoms. The first kappa shape index (κ1) is 27.2. The fourth-order valence-electron chi connectivity index (χ4n) is 6.57. The lowest BCUT2D eigenvalue weighted by Gasteiger charge is -2.35. The Morgan fingerprint density at radius 2 is 1.90 bits per heavy atom. The highest BCUT2D eigenvalue weighted by Crippen LogP contribution is 2.36. The Kier molecular flexibility index (Phi) is 8.35. The van der Waals surface area contributed by atoms with Gasteiger partial charge in [-0.25, -0.2) is 9.37 Å². The van der Waals surface area contributed by atoms with Crippen molar-refractivity contribution < 1.29 is 13.9 Å². The van der Waals surface area contributed by atoms with Gasteiger partial charge in [-0.2, -0.15) is 0 Å². The van der Waals surface area contributed by atoms with Gasteiger partial charge in [0.1, 0.15) is 11.3 Å². The van der Waals surface area contributed by atoms with Crippen molar-refractivity contribution in [2.45, 2.75) is 64.5 Å². The van der Waals surface area contributed by atoms with E-state index in [2.05, 4.69) is 28.1 Å². The van der Waals surface area contributed by atoms with Crippen LogP contribution in [0.25, 0.3) is 11.0 Å². The lowest BCUT2D eigenvalue weighted by Crippen LogP contribution is -2.39. The Balaban J connectivity index is 1.19. The van der Waals surface area contributed by atoms with Crippen LogP contribution in [0.15, 0.2) is 30.3 Å². The average molecular weight is 548 g/mol. The van der Waals surface area contributed by atoms with Gasteiger partial charge in [0.15, 0.2) is 0 Å². The number of benzene rings is 1. The predicted octanol–water partition coefficient (Wildman–Crippen LogP) is 5.60. The number of likely N-dealkylation sites (tertiary alicyclic amines) is 1. The van der Waals surface area contributed by atoms with E-state index >= 15 is 0 Å². The lowest BCUT2D eigenvalue weighted by molar-refractivity contribution is 0.0967. The molecule has 4 heterocycles. The number of pyridine rings is 2. The van der Waals surface area contributed by atoms with Gasteiger partial charge in [-0.05, 0) is 87.2 Å². The molecule has 2 fully saturated rings. The molecule has 0 amide bonds. The summed E-state index contributed by atoms with van der Waals surface area (Å²) < 4.78 is 25.6. The SMILES string of the molecule is COc1nc2c(NC3CCN(c4cccc(F)c4)CC3)c3c(nc2cc1COCCN1CCC(C)C1)CCCC3. The smallest absolute Gasteiger partial charge is 0.219 e. The Bertz CT molecular complexity index is 1330. The van der Waals surface area contributed by atoms with Crippen LogP contribution >= 0.6 is 0 Å². The van der Waals surface area contributed by atoms with E-state index in [1.54, 1.807) is 19.2 Å². The van der Waals surface area contributed by atoms with E-state index in [0.717, 1.165) is 79.2 Å². The summed E-state index contributed by atoms with van der Waals surface area (Å²) >= 11 is 0. The maximum Gasteiger partial charge on any atom is 0.219 e. The molecule has 0 spiro atoms. The highest BCUT2D eigenvalue weighted by atomic mass is 19.1. The van der Waals surface area contributed by atoms with Crippen LogP contribution in [0.5, 0.6) is 5.88 Å². The third kappa shape index (κ3) is 6.03. The zero-order valence-corrected chi connectivity index (χ0v) is 23.9. The molecule has 2 aliphatic heterocycles. The van der Waals surface area contributed by atoms with Crippen LogP contribution in [0, 0.1) is 11.7 Å². The van der Waals surface area contributed by atoms with E-state index in [-0.39, 0.29) is 5.82 Å². The molecule has 214 valence electrons. The van der Waals surface area contributed by atoms with Crippen LogP contribution in [0.3, 0.4) is 0 Å². The van der Waals surface area contributed by atoms with Crippen molar-refractivity contribution in [3.63, 3.8) is 0 Å². The van der Waals surface area contributed by atoms with E-state index in [1.807, 2.05) is 6.07 Å². The fourth-order valence-corrected chi connectivity index (χ4v) is 6.57. The van der Waals surface area contributed by atoms with Gasteiger partial charge in [-0.1, -0.05) is 13.0 Å². The van der Waals surface area contributed by atoms with E-state index in [0.29, 0.717) is 25.1 Å². The predicted molar refractivity (Wildman–Crippen MR) is 158 cm³/mol. The molecule has 1 unspecified atom stereocenters. The first-order chi connectivity index (χ1) is 19.6. The number of nitrogens with one attached hydrogen (secondary N) is 1. The number of fused-ring (bicyclic) bond motifs is 2. The number of nitrogens with zero attached hydrogens (tertiary/aromatic N) is 4. The van der Waals surface area contributed by atoms with Gasteiger partial charge < -0.3 is 24.6 Å². The summed E-state index contributed by atoms with van der Waals surface area (Å²) in [6, 6.07) is 9.36. The Labute approximate surface area is 237 Å². The molecule has 2 aromatic heterocycles. The average Bonchev–Trinajstić information content (AvgIpc) is 3.40. The fraction of sp³-hybridized carbons (Fsp3) is 0.562. The molecule has 0 radical (unpaired) electrons. The number of ether oxygens (including phenoxy) is 2. The molecule has 2 saturated heterocycles. The second-order valence-corrected chi connectivity index (χ2v) is 11.8. The summed E-state index contributed by atoms with van der Waals surface area (Å²) in [7, 11) is 1.68. The van der Waals surface area contributed by atoms with E-state index in [1.165, 1.54) is 49.7 Å². The third-order valence-electron chi connectivity index (χ3n) is 8.80. The number of hydrogen-bond acceptors (Lipinski definition) is 7. The van der Waals surface area contributed by atoms with Crippen LogP contribution in [0.1, 0.15) is 55.8 Å². The standard InChI is InChI=1S/C32H42FN5O2/c1-22-10-13-37(20-22)16-17-40-21-23-18-29-31(36-32(23)39-2)30(27-8-3-4-9-28(27)35-29)34-25-11-14-38(15-12-25)26-7-5-6-24(33)19-26/h5-7,18-19,22,25H,3-4,8-17,20-21H2,1-2H3,(H,34,35). The molecule has 1 aliphatic carbocycles. The van der Waals surface area contributed by atoms with Crippen molar-refractivity contribution in [1.82, 2.24) is 14.9 Å². The minimum absolute atomic E-state index is 0.182. The van der Waals surface area contributed by atoms with E-state index < -0.39 is 0 Å². The van der Waals surface area contributed by atoms with Gasteiger partial charge in [0.25, 0.3) is 0 Å². The number of anilines is 2. The van der Waals surface area contributed by atoms with Crippen molar-refractivity contribution in [2.75, 3.05) is 56.7 Å². The number of halogens is 1. The van der Waals surface area contributed by atoms with Crippen LogP contribution in [-0.4, -0.2) is 67.4 Å². The van der Waals surface area contributed by atoms with Gasteiger partial charge in [-0.3, -0.25) is 4.98 Å². The largest absolute Gasteiger partial charge is 0.481 e. The van der Waals surface area contributed by atoms with Gasteiger partial charge in [-0.15, -0.1) is 0 Å². The summed E-state index contributed by atoms with van der Waals surface area (Å²) in [5.41, 5.74) is 7.33. The molecular weight excluding hydrogens is 505 g/mol. The highest BCUT2D eigenvalue weighted by Gasteiger charge is 2.25. The van der Waals surface area contributed by atoms with Crippen molar-refractivity contribution in [3.05, 3.63) is 53.0 Å². The summed E-state index contributed by atoms with van der Waals surface area (Å²) in [5.74, 6) is 1.22. The second-order valence-electron chi connectivity index (χ2n) is 11.8. The molecule has 6 rings (SSSR count). The quantitative estimate of drug-likeness (QED) is 0.350. The molecule has 0 bridgehead atoms. The normalized spacial score (nSPS) is 20.2. The number of hydrogen-bond donors (Lipinski definition) is 1. The summed E-state index contributed by atoms with van der Waals surface area (Å²) in [5, 5.41) is 3.90. The summed E-state index contributed by atoms with van der Waals surface area (Å²) in [6.07, 6.45) is 7.61. The van der Waals surface area contributed by atoms with Gasteiger partial charge in [0, 0.05) is 49.2 Å². The Morgan fingerprint density at radius 1 is 1.05 bits per heavy atom. The molecular formula is C32H42FN5O2. The van der Waals surface area contributed by atoms with Crippen LogP contribution < -0.4 is 15.0 Å². The number of aromatic nitrogens is 2. The maximum absolute atomic E-state index is 13.8. The van der Waals surface area contributed by atoms with Crippen molar-refractivity contribution in [2.24, 2.45) is 5.92 Å². The van der Waals surface area contributed by atoms with Crippen LogP contribution in [0.4, 0.5) is 15.8 Å². The number of rotatable bonds is 9. The monoisotopic (exact) mass is 547 g/mol. The molecule has 0 saturated carbocycles. The molecule has 1 atom stereocenters. The molecule has 7 nitrogen and oxygen atoms in total. The number of methoxy groups -OCH3 is 1. The zero-order valence-electron chi connectivity index (χ0n) is 23.9. The highest BCUT2D eigenvalue weighted by molar-refractivity contribution is 5.91. The van der Waals surface area contributed by atoms with E-state index in [4.69, 9.17) is 19.4 Å². The Morgan fingerprint density at radius 3 is 2.67 bits per heavy atom. The maximum atomic E-state index is 13.8. The molecule has 1 aromatic carbocycles. The van der Waals surface area contributed by atoms with E-state index in [9.17, 15) is 4.39 Å². The summed E-state index contributed by atoms with van der Waals surface area (Å²) in [6.45, 7) is 8.56. The van der Waals surface area contributed by atoms with Crippen molar-refractivity contribution in [3.8, 4) is 5.88 Å². The minimum atomic E-state index is -0.182. The van der Waals surface area contributed by atoms with Crippen LogP contribution in [0.2, 0.25) is 0 Å². The number of aryl methyl sites for hydroxylation is 1. The van der Waals surface area contributed by atoms with Crippen LogP contribution in [-0.2, 0) is 24.2 Å². The molecule has 1 N–H and O–H groups in total. The molecule has 3 aromatic rings. The van der Waals surface area contributed by atoms with Crippen molar-refractivity contribution >= 4 is 22.4 Å². The first-order valence-corrected chi connectivity index (χ1v) is 15.0. The van der Waals surface area contributed by atoms with Gasteiger partial charge in [0.2, 0.25) is 5.88 Å². The topological polar surface area (TPSA) is 62.8 Å². The zero-order chi connectivity index (χ0) is 27.5. The molecule has 40 heavy (non-hydrogen) atoms. The first-order valence-electron chi connectivity index (χ1n) is 15.0. The number of piperidine rings is 1. The summed E-state index contributed by atoms with van der Waals surface area (Å²) in [4.78, 5) is 14.9. The molecule has 3 aliphatic rings. The second kappa shape index (κ2) is 12.3. The van der Waals surface area contributed by atoms with Crippen molar-refractivity contribution in [1.29, 1.82) is 0 Å². The van der Waals surface area contributed by atoms with Gasteiger partial charge in [0.05, 0.1) is 31.5 Å². The minimum Gasteiger partial charge on any atom is -0.481 e.